The van der Waals surface area contributed by atoms with Gasteiger partial charge in [-0.25, -0.2) is 14.4 Å². The van der Waals surface area contributed by atoms with Crippen molar-refractivity contribution in [3.8, 4) is 0 Å². The molecule has 1 saturated carbocycles. The van der Waals surface area contributed by atoms with Gasteiger partial charge in [0.05, 0.1) is 30.4 Å². The second kappa shape index (κ2) is 15.1. The van der Waals surface area contributed by atoms with Gasteiger partial charge in [-0.1, -0.05) is 19.9 Å². The van der Waals surface area contributed by atoms with Gasteiger partial charge in [0.2, 0.25) is 0 Å². The highest BCUT2D eigenvalue weighted by Gasteiger charge is 2.31. The number of piperidine rings is 1. The molecule has 0 amide bonds. The first-order chi connectivity index (χ1) is 22.7. The largest absolute Gasteiger partial charge is 0.481 e. The van der Waals surface area contributed by atoms with Crippen LogP contribution in [0.5, 0.6) is 0 Å². The molecule has 0 radical (unpaired) electrons. The van der Waals surface area contributed by atoms with Crippen LogP contribution < -0.4 is 15.5 Å². The smallest absolute Gasteiger partial charge is 0.306 e. The van der Waals surface area contributed by atoms with Crippen LogP contribution in [0.25, 0.3) is 0 Å². The molecule has 1 saturated heterocycles. The van der Waals surface area contributed by atoms with Crippen LogP contribution in [0.4, 0.5) is 15.9 Å². The quantitative estimate of drug-likeness (QED) is 0.233. The van der Waals surface area contributed by atoms with Crippen LogP contribution in [0.15, 0.2) is 36.7 Å². The first-order valence-electron chi connectivity index (χ1n) is 17.6. The zero-order valence-electron chi connectivity index (χ0n) is 28.2. The number of halogens is 1. The number of rotatable bonds is 12. The lowest BCUT2D eigenvalue weighted by Gasteiger charge is -2.35. The van der Waals surface area contributed by atoms with E-state index >= 15 is 0 Å². The van der Waals surface area contributed by atoms with E-state index in [2.05, 4.69) is 45.6 Å². The molecule has 3 atom stereocenters. The van der Waals surface area contributed by atoms with Crippen molar-refractivity contribution in [2.75, 3.05) is 36.4 Å². The number of hydrogen-bond donors (Lipinski definition) is 3. The van der Waals surface area contributed by atoms with Crippen LogP contribution >= 0.6 is 0 Å². The van der Waals surface area contributed by atoms with Gasteiger partial charge in [-0.2, -0.15) is 5.10 Å². The molecule has 0 spiro atoms. The van der Waals surface area contributed by atoms with Crippen molar-refractivity contribution >= 4 is 17.5 Å². The van der Waals surface area contributed by atoms with Gasteiger partial charge in [-0.3, -0.25) is 9.48 Å². The van der Waals surface area contributed by atoms with E-state index in [9.17, 15) is 14.3 Å². The van der Waals surface area contributed by atoms with Crippen molar-refractivity contribution in [1.82, 2.24) is 30.0 Å². The minimum atomic E-state index is -0.665. The Labute approximate surface area is 278 Å². The molecule has 1 aromatic carbocycles. The van der Waals surface area contributed by atoms with Crippen molar-refractivity contribution in [1.29, 1.82) is 0 Å². The first kappa shape index (κ1) is 33.3. The topological polar surface area (TPSA) is 111 Å². The third-order valence-electron chi connectivity index (χ3n) is 10.6. The highest BCUT2D eigenvalue weighted by atomic mass is 19.1. The van der Waals surface area contributed by atoms with Gasteiger partial charge in [-0.15, -0.1) is 0 Å². The number of carboxylic acid groups (broad SMARTS) is 1. The SMILES string of the molecule is CC[C@@H](NCc1nc2c(c(N[C@@H](CN3CCC[C@H](C)C3)c3cnn(C)c3)n1)CN(c1cccc(F)c1)CC2)C1CCC(C(=O)O)CC1. The lowest BCUT2D eigenvalue weighted by atomic mass is 9.78. The summed E-state index contributed by atoms with van der Waals surface area (Å²) in [6.45, 7) is 9.45. The molecule has 4 heterocycles. The van der Waals surface area contributed by atoms with E-state index in [0.717, 1.165) is 98.9 Å². The Morgan fingerprint density at radius 1 is 1.15 bits per heavy atom. The molecule has 1 aliphatic carbocycles. The second-order valence-electron chi connectivity index (χ2n) is 14.1. The van der Waals surface area contributed by atoms with E-state index in [1.807, 2.05) is 24.0 Å². The van der Waals surface area contributed by atoms with Crippen LogP contribution in [-0.4, -0.2) is 67.9 Å². The Kier molecular flexibility index (Phi) is 10.7. The van der Waals surface area contributed by atoms with Crippen molar-refractivity contribution in [2.24, 2.45) is 24.8 Å². The fraction of sp³-hybridized carbons (Fsp3) is 0.611. The monoisotopic (exact) mass is 646 g/mol. The van der Waals surface area contributed by atoms with Crippen LogP contribution in [0.1, 0.15) is 87.5 Å². The average molecular weight is 647 g/mol. The summed E-state index contributed by atoms with van der Waals surface area (Å²) in [5.41, 5.74) is 4.09. The Bertz CT molecular complexity index is 1510. The third kappa shape index (κ3) is 8.30. The zero-order chi connectivity index (χ0) is 32.9. The normalized spacial score (nSPS) is 23.2. The van der Waals surface area contributed by atoms with Crippen LogP contribution in [0.2, 0.25) is 0 Å². The summed E-state index contributed by atoms with van der Waals surface area (Å²) < 4.78 is 16.1. The van der Waals surface area contributed by atoms with E-state index in [4.69, 9.17) is 9.97 Å². The van der Waals surface area contributed by atoms with Crippen molar-refractivity contribution in [3.05, 3.63) is 65.1 Å². The lowest BCUT2D eigenvalue weighted by Crippen LogP contribution is -2.40. The number of benzene rings is 1. The number of fused-ring (bicyclic) bond motifs is 1. The summed E-state index contributed by atoms with van der Waals surface area (Å²) in [5, 5.41) is 21.6. The predicted molar refractivity (Wildman–Crippen MR) is 182 cm³/mol. The zero-order valence-corrected chi connectivity index (χ0v) is 28.2. The molecule has 10 nitrogen and oxygen atoms in total. The third-order valence-corrected chi connectivity index (χ3v) is 10.6. The van der Waals surface area contributed by atoms with E-state index in [0.29, 0.717) is 24.9 Å². The Balaban J connectivity index is 1.26. The molecule has 0 unspecified atom stereocenters. The maximum absolute atomic E-state index is 14.2. The van der Waals surface area contributed by atoms with E-state index in [1.165, 1.54) is 18.9 Å². The van der Waals surface area contributed by atoms with Gasteiger partial charge in [0.15, 0.2) is 0 Å². The van der Waals surface area contributed by atoms with Crippen molar-refractivity contribution < 1.29 is 14.3 Å². The van der Waals surface area contributed by atoms with Crippen LogP contribution in [0.3, 0.4) is 0 Å². The minimum absolute atomic E-state index is 0.00818. The average Bonchev–Trinajstić information content (AvgIpc) is 3.51. The first-order valence-corrected chi connectivity index (χ1v) is 17.6. The molecule has 2 fully saturated rings. The molecular weight excluding hydrogens is 595 g/mol. The number of aromatic nitrogens is 4. The number of aliphatic carboxylic acids is 1. The molecule has 2 aliphatic heterocycles. The maximum atomic E-state index is 14.2. The minimum Gasteiger partial charge on any atom is -0.481 e. The Morgan fingerprint density at radius 3 is 2.68 bits per heavy atom. The number of nitrogens with zero attached hydrogens (tertiary/aromatic N) is 6. The van der Waals surface area contributed by atoms with E-state index in [-0.39, 0.29) is 23.8 Å². The van der Waals surface area contributed by atoms with Crippen molar-refractivity contribution in [2.45, 2.75) is 90.4 Å². The van der Waals surface area contributed by atoms with Crippen molar-refractivity contribution in [3.63, 3.8) is 0 Å². The molecule has 3 aliphatic rings. The number of carboxylic acids is 1. The molecule has 3 aromatic rings. The fourth-order valence-corrected chi connectivity index (χ4v) is 7.92. The van der Waals surface area contributed by atoms with E-state index < -0.39 is 5.97 Å². The molecular formula is C36H51FN8O2. The summed E-state index contributed by atoms with van der Waals surface area (Å²) >= 11 is 0. The molecule has 2 aromatic heterocycles. The highest BCUT2D eigenvalue weighted by molar-refractivity contribution is 5.70. The molecule has 254 valence electrons. The molecule has 11 heteroatoms. The number of carbonyl (C=O) groups is 1. The second-order valence-corrected chi connectivity index (χ2v) is 14.1. The van der Waals surface area contributed by atoms with Gasteiger partial charge in [0.1, 0.15) is 17.5 Å². The summed E-state index contributed by atoms with van der Waals surface area (Å²) in [7, 11) is 1.95. The lowest BCUT2D eigenvalue weighted by molar-refractivity contribution is -0.143. The number of anilines is 2. The Hall–Kier alpha value is -3.57. The molecule has 3 N–H and O–H groups in total. The summed E-state index contributed by atoms with van der Waals surface area (Å²) in [4.78, 5) is 26.6. The van der Waals surface area contributed by atoms with Gasteiger partial charge in [-0.05, 0) is 81.5 Å². The summed E-state index contributed by atoms with van der Waals surface area (Å²) in [6.07, 6.45) is 11.6. The maximum Gasteiger partial charge on any atom is 0.306 e. The van der Waals surface area contributed by atoms with Crippen LogP contribution in [-0.2, 0) is 31.4 Å². The van der Waals surface area contributed by atoms with Gasteiger partial charge in [0.25, 0.3) is 0 Å². The Morgan fingerprint density at radius 2 is 1.98 bits per heavy atom. The highest BCUT2D eigenvalue weighted by Crippen LogP contribution is 2.33. The van der Waals surface area contributed by atoms with Gasteiger partial charge >= 0.3 is 5.97 Å². The summed E-state index contributed by atoms with van der Waals surface area (Å²) in [5.74, 6) is 1.61. The molecule has 0 bridgehead atoms. The van der Waals surface area contributed by atoms with E-state index in [1.54, 1.807) is 12.1 Å². The number of likely N-dealkylation sites (tertiary alicyclic amines) is 1. The fourth-order valence-electron chi connectivity index (χ4n) is 7.92. The number of nitrogens with one attached hydrogen (secondary N) is 2. The van der Waals surface area contributed by atoms with Gasteiger partial charge in [0, 0.05) is 68.7 Å². The number of hydrogen-bond acceptors (Lipinski definition) is 8. The standard InChI is InChI=1S/C36H51FN8O2/c1-4-31(25-10-12-26(13-11-25)36(46)47)38-19-34-40-32-14-16-45(29-9-5-8-28(37)17-29)22-30(32)35(42-34)41-33(27-18-39-43(3)21-27)23-44-15-6-7-24(2)20-44/h5,8-9,17-18,21,24-26,31,33,38H,4,6-7,10-16,19-20,22-23H2,1-3H3,(H,46,47)(H,40,41,42)/t24-,25?,26?,31+,33-/m0/s1. The summed E-state index contributed by atoms with van der Waals surface area (Å²) in [6, 6.07) is 7.09. The molecule has 6 rings (SSSR count). The van der Waals surface area contributed by atoms with Crippen LogP contribution in [0, 0.1) is 23.6 Å². The predicted octanol–water partition coefficient (Wildman–Crippen LogP) is 5.56. The van der Waals surface area contributed by atoms with Gasteiger partial charge < -0.3 is 25.5 Å². The number of aryl methyl sites for hydroxylation is 1. The molecule has 47 heavy (non-hydrogen) atoms.